The van der Waals surface area contributed by atoms with E-state index in [2.05, 4.69) is 11.4 Å². The maximum Gasteiger partial charge on any atom is 0.252 e. The Labute approximate surface area is 196 Å². The monoisotopic (exact) mass is 478 g/mol. The quantitative estimate of drug-likeness (QED) is 0.600. The van der Waals surface area contributed by atoms with E-state index in [9.17, 15) is 13.2 Å². The van der Waals surface area contributed by atoms with Gasteiger partial charge in [0.15, 0.2) is 0 Å². The fourth-order valence-corrected chi connectivity index (χ4v) is 5.90. The van der Waals surface area contributed by atoms with Gasteiger partial charge in [0.25, 0.3) is 5.91 Å². The van der Waals surface area contributed by atoms with E-state index in [1.165, 1.54) is 29.6 Å². The van der Waals surface area contributed by atoms with Crippen LogP contribution in [0.5, 0.6) is 5.75 Å². The molecule has 1 amide bonds. The maximum absolute atomic E-state index is 13.1. The summed E-state index contributed by atoms with van der Waals surface area (Å²) in [5.74, 6) is 0.423. The minimum Gasteiger partial charge on any atom is -0.496 e. The van der Waals surface area contributed by atoms with Gasteiger partial charge in [-0.15, -0.1) is 0 Å². The summed E-state index contributed by atoms with van der Waals surface area (Å²) in [6.07, 6.45) is 4.03. The lowest BCUT2D eigenvalue weighted by atomic mass is 9.78. The first kappa shape index (κ1) is 24.6. The molecule has 1 N–H and O–H groups in total. The fourth-order valence-electron chi connectivity index (χ4n) is 4.30. The van der Waals surface area contributed by atoms with Crippen molar-refractivity contribution in [1.29, 1.82) is 0 Å². The highest BCUT2D eigenvalue weighted by Crippen LogP contribution is 2.44. The van der Waals surface area contributed by atoms with E-state index in [1.54, 1.807) is 21.0 Å². The highest BCUT2D eigenvalue weighted by atomic mass is 35.5. The molecule has 1 aliphatic rings. The predicted octanol–water partition coefficient (Wildman–Crippen LogP) is 4.62. The number of halogens is 1. The van der Waals surface area contributed by atoms with Crippen molar-refractivity contribution in [1.82, 2.24) is 9.62 Å². The third kappa shape index (κ3) is 4.80. The van der Waals surface area contributed by atoms with Crippen LogP contribution in [0.1, 0.15) is 55.5 Å². The Bertz CT molecular complexity index is 1080. The number of benzene rings is 2. The van der Waals surface area contributed by atoms with Crippen LogP contribution in [0.4, 0.5) is 0 Å². The van der Waals surface area contributed by atoms with Gasteiger partial charge in [-0.2, -0.15) is 4.31 Å². The SMILES string of the molecule is COc1ccccc1C1(CNC(=O)c2cc(S(=O)(=O)N(C)C(C)C)ccc2Cl)CCCC1. The number of hydrogen-bond donors (Lipinski definition) is 1. The van der Waals surface area contributed by atoms with Crippen molar-refractivity contribution in [2.45, 2.75) is 55.9 Å². The molecule has 2 aromatic carbocycles. The third-order valence-electron chi connectivity index (χ3n) is 6.41. The molecule has 6 nitrogen and oxygen atoms in total. The predicted molar refractivity (Wildman–Crippen MR) is 127 cm³/mol. The van der Waals surface area contributed by atoms with E-state index >= 15 is 0 Å². The molecule has 0 saturated heterocycles. The molecule has 0 bridgehead atoms. The van der Waals surface area contributed by atoms with E-state index < -0.39 is 10.0 Å². The van der Waals surface area contributed by atoms with Crippen LogP contribution in [0.25, 0.3) is 0 Å². The average Bonchev–Trinajstić information content (AvgIpc) is 3.27. The second-order valence-corrected chi connectivity index (χ2v) is 11.0. The Morgan fingerprint density at radius 1 is 1.19 bits per heavy atom. The lowest BCUT2D eigenvalue weighted by molar-refractivity contribution is 0.0942. The van der Waals surface area contributed by atoms with Crippen LogP contribution in [0.15, 0.2) is 47.4 Å². The van der Waals surface area contributed by atoms with Gasteiger partial charge in [-0.3, -0.25) is 4.79 Å². The second-order valence-electron chi connectivity index (χ2n) is 8.63. The van der Waals surface area contributed by atoms with Crippen molar-refractivity contribution in [2.75, 3.05) is 20.7 Å². The van der Waals surface area contributed by atoms with Crippen LogP contribution in [0.2, 0.25) is 5.02 Å². The van der Waals surface area contributed by atoms with Crippen LogP contribution in [0.3, 0.4) is 0 Å². The summed E-state index contributed by atoms with van der Waals surface area (Å²) >= 11 is 6.29. The van der Waals surface area contributed by atoms with Gasteiger partial charge in [0.1, 0.15) is 5.75 Å². The molecular weight excluding hydrogens is 448 g/mol. The average molecular weight is 479 g/mol. The molecule has 0 atom stereocenters. The maximum atomic E-state index is 13.1. The molecule has 0 aromatic heterocycles. The molecule has 0 unspecified atom stereocenters. The Morgan fingerprint density at radius 3 is 2.47 bits per heavy atom. The first-order valence-electron chi connectivity index (χ1n) is 10.8. The minimum atomic E-state index is -3.73. The Balaban J connectivity index is 1.87. The Morgan fingerprint density at radius 2 is 1.84 bits per heavy atom. The Kier molecular flexibility index (Phi) is 7.53. The topological polar surface area (TPSA) is 75.7 Å². The van der Waals surface area contributed by atoms with Crippen molar-refractivity contribution < 1.29 is 17.9 Å². The second kappa shape index (κ2) is 9.81. The summed E-state index contributed by atoms with van der Waals surface area (Å²) < 4.78 is 32.6. The summed E-state index contributed by atoms with van der Waals surface area (Å²) in [5, 5.41) is 3.23. The molecule has 0 aliphatic heterocycles. The van der Waals surface area contributed by atoms with Crippen LogP contribution in [-0.4, -0.2) is 45.4 Å². The molecule has 1 fully saturated rings. The van der Waals surface area contributed by atoms with Crippen molar-refractivity contribution >= 4 is 27.5 Å². The number of hydrogen-bond acceptors (Lipinski definition) is 4. The number of nitrogens with one attached hydrogen (secondary N) is 1. The molecule has 0 spiro atoms. The number of nitrogens with zero attached hydrogens (tertiary/aromatic N) is 1. The van der Waals surface area contributed by atoms with Gasteiger partial charge >= 0.3 is 0 Å². The van der Waals surface area contributed by atoms with Crippen LogP contribution >= 0.6 is 11.6 Å². The summed E-state index contributed by atoms with van der Waals surface area (Å²) in [6.45, 7) is 4.01. The van der Waals surface area contributed by atoms with Gasteiger partial charge < -0.3 is 10.1 Å². The van der Waals surface area contributed by atoms with Crippen LogP contribution in [-0.2, 0) is 15.4 Å². The molecule has 2 aromatic rings. The molecule has 0 radical (unpaired) electrons. The first-order chi connectivity index (χ1) is 15.1. The minimum absolute atomic E-state index is 0.0450. The largest absolute Gasteiger partial charge is 0.496 e. The van der Waals surface area contributed by atoms with E-state index in [0.717, 1.165) is 37.0 Å². The molecule has 1 aliphatic carbocycles. The number of amides is 1. The molecule has 0 heterocycles. The highest BCUT2D eigenvalue weighted by molar-refractivity contribution is 7.89. The van der Waals surface area contributed by atoms with E-state index in [4.69, 9.17) is 16.3 Å². The smallest absolute Gasteiger partial charge is 0.252 e. The molecule has 32 heavy (non-hydrogen) atoms. The molecular formula is C24H31ClN2O4S. The molecule has 8 heteroatoms. The standard InChI is InChI=1S/C24H31ClN2O4S/c1-17(2)27(3)32(29,30)18-11-12-21(25)19(15-18)23(28)26-16-24(13-7-8-14-24)20-9-5-6-10-22(20)31-4/h5-6,9-12,15,17H,7-8,13-14,16H2,1-4H3,(H,26,28). The first-order valence-corrected chi connectivity index (χ1v) is 12.6. The van der Waals surface area contributed by atoms with Crippen LogP contribution < -0.4 is 10.1 Å². The summed E-state index contributed by atoms with van der Waals surface area (Å²) in [6, 6.07) is 11.9. The fraction of sp³-hybridized carbons (Fsp3) is 0.458. The molecule has 1 saturated carbocycles. The zero-order valence-electron chi connectivity index (χ0n) is 19.0. The van der Waals surface area contributed by atoms with E-state index in [-0.39, 0.29) is 32.8 Å². The van der Waals surface area contributed by atoms with E-state index in [0.29, 0.717) is 6.54 Å². The third-order valence-corrected chi connectivity index (χ3v) is 8.77. The summed E-state index contributed by atoms with van der Waals surface area (Å²) in [5.41, 5.74) is 1.01. The lowest BCUT2D eigenvalue weighted by Gasteiger charge is -2.31. The van der Waals surface area contributed by atoms with Crippen molar-refractivity contribution in [3.8, 4) is 5.75 Å². The van der Waals surface area contributed by atoms with Crippen LogP contribution in [0, 0.1) is 0 Å². The van der Waals surface area contributed by atoms with Gasteiger partial charge in [0.05, 0.1) is 22.6 Å². The van der Waals surface area contributed by atoms with Crippen molar-refractivity contribution in [2.24, 2.45) is 0 Å². The highest BCUT2D eigenvalue weighted by Gasteiger charge is 2.38. The van der Waals surface area contributed by atoms with Gasteiger partial charge in [-0.05, 0) is 51.0 Å². The number of carbonyl (C=O) groups is 1. The number of carbonyl (C=O) groups excluding carboxylic acids is 1. The zero-order chi connectivity index (χ0) is 23.5. The van der Waals surface area contributed by atoms with Crippen molar-refractivity contribution in [3.05, 3.63) is 58.6 Å². The number of rotatable bonds is 8. The Hall–Kier alpha value is -2.09. The lowest BCUT2D eigenvalue weighted by Crippen LogP contribution is -2.39. The number of ether oxygens (including phenoxy) is 1. The van der Waals surface area contributed by atoms with Crippen molar-refractivity contribution in [3.63, 3.8) is 0 Å². The number of sulfonamides is 1. The number of methoxy groups -OCH3 is 1. The van der Waals surface area contributed by atoms with E-state index in [1.807, 2.05) is 18.2 Å². The molecule has 174 valence electrons. The molecule has 3 rings (SSSR count). The van der Waals surface area contributed by atoms with Gasteiger partial charge in [0, 0.05) is 30.6 Å². The summed E-state index contributed by atoms with van der Waals surface area (Å²) in [7, 11) is -0.555. The van der Waals surface area contributed by atoms with Gasteiger partial charge in [0.2, 0.25) is 10.0 Å². The van der Waals surface area contributed by atoms with Gasteiger partial charge in [-0.1, -0.05) is 42.6 Å². The number of para-hydroxylation sites is 1. The zero-order valence-corrected chi connectivity index (χ0v) is 20.6. The van der Waals surface area contributed by atoms with Gasteiger partial charge in [-0.25, -0.2) is 8.42 Å². The normalized spacial score (nSPS) is 15.8. The summed E-state index contributed by atoms with van der Waals surface area (Å²) in [4.78, 5) is 13.1.